The Morgan fingerprint density at radius 3 is 2.53 bits per heavy atom. The van der Waals surface area contributed by atoms with Crippen molar-refractivity contribution in [1.82, 2.24) is 15.2 Å². The molecule has 8 nitrogen and oxygen atoms in total. The molecule has 0 saturated carbocycles. The quantitative estimate of drug-likeness (QED) is 0.362. The van der Waals surface area contributed by atoms with Crippen LogP contribution in [0, 0.1) is 0 Å². The van der Waals surface area contributed by atoms with Crippen molar-refractivity contribution in [3.05, 3.63) is 89.8 Å². The van der Waals surface area contributed by atoms with Crippen LogP contribution in [0.3, 0.4) is 0 Å². The van der Waals surface area contributed by atoms with Gasteiger partial charge < -0.3 is 24.3 Å². The van der Waals surface area contributed by atoms with Crippen LogP contribution >= 0.6 is 0 Å². The Kier molecular flexibility index (Phi) is 9.21. The third-order valence-corrected chi connectivity index (χ3v) is 6.69. The molecule has 0 saturated heterocycles. The highest BCUT2D eigenvalue weighted by Crippen LogP contribution is 2.43. The standard InChI is InChI=1S/C30H35N3O5/c1-5-16-38-27-12-11-25(35-2)23-13-15-33(20-29(34)32-19-22-8-6-7-14-31-22)24(30(23)27)17-21-9-10-26(36-3)28(18-21)37-4/h5-12,14,18,24H,1,13,15-17,19-20H2,2-4H3,(H,32,34). The van der Waals surface area contributed by atoms with Gasteiger partial charge in [-0.05, 0) is 54.8 Å². The van der Waals surface area contributed by atoms with Crippen LogP contribution in [0.25, 0.3) is 0 Å². The molecule has 2 heterocycles. The number of nitrogens with one attached hydrogen (secondary N) is 1. The Hall–Kier alpha value is -4.04. The van der Waals surface area contributed by atoms with Gasteiger partial charge in [-0.2, -0.15) is 0 Å². The second kappa shape index (κ2) is 13.0. The predicted octanol–water partition coefficient (Wildman–Crippen LogP) is 4.13. The second-order valence-electron chi connectivity index (χ2n) is 8.99. The molecule has 1 aliphatic rings. The number of pyridine rings is 1. The Balaban J connectivity index is 1.66. The van der Waals surface area contributed by atoms with E-state index in [1.54, 1.807) is 33.6 Å². The van der Waals surface area contributed by atoms with Gasteiger partial charge in [0.1, 0.15) is 18.1 Å². The summed E-state index contributed by atoms with van der Waals surface area (Å²) in [5, 5.41) is 3.01. The molecule has 3 aromatic rings. The smallest absolute Gasteiger partial charge is 0.234 e. The Morgan fingerprint density at radius 2 is 1.82 bits per heavy atom. The molecule has 2 aromatic carbocycles. The van der Waals surface area contributed by atoms with Crippen LogP contribution in [0.1, 0.15) is 28.4 Å². The Morgan fingerprint density at radius 1 is 1.05 bits per heavy atom. The van der Waals surface area contributed by atoms with Crippen LogP contribution in [0.2, 0.25) is 0 Å². The van der Waals surface area contributed by atoms with Gasteiger partial charge in [0, 0.05) is 29.9 Å². The van der Waals surface area contributed by atoms with Gasteiger partial charge in [0.25, 0.3) is 0 Å². The van der Waals surface area contributed by atoms with Gasteiger partial charge in [0.15, 0.2) is 11.5 Å². The van der Waals surface area contributed by atoms with Crippen molar-refractivity contribution in [2.24, 2.45) is 0 Å². The van der Waals surface area contributed by atoms with E-state index in [1.807, 2.05) is 48.5 Å². The van der Waals surface area contributed by atoms with Crippen molar-refractivity contribution < 1.29 is 23.7 Å². The van der Waals surface area contributed by atoms with E-state index in [4.69, 9.17) is 18.9 Å². The molecule has 38 heavy (non-hydrogen) atoms. The van der Waals surface area contributed by atoms with Gasteiger partial charge in [-0.3, -0.25) is 14.7 Å². The van der Waals surface area contributed by atoms with E-state index in [-0.39, 0.29) is 18.5 Å². The fourth-order valence-electron chi connectivity index (χ4n) is 4.89. The number of aromatic nitrogens is 1. The number of methoxy groups -OCH3 is 3. The van der Waals surface area contributed by atoms with E-state index in [9.17, 15) is 4.79 Å². The lowest BCUT2D eigenvalue weighted by molar-refractivity contribution is -0.123. The lowest BCUT2D eigenvalue weighted by Crippen LogP contribution is -2.43. The van der Waals surface area contributed by atoms with Gasteiger partial charge >= 0.3 is 0 Å². The van der Waals surface area contributed by atoms with Crippen molar-refractivity contribution in [2.75, 3.05) is 41.0 Å². The maximum Gasteiger partial charge on any atom is 0.234 e. The Labute approximate surface area is 224 Å². The van der Waals surface area contributed by atoms with Gasteiger partial charge in [-0.15, -0.1) is 0 Å². The molecule has 8 heteroatoms. The van der Waals surface area contributed by atoms with Gasteiger partial charge in [0.2, 0.25) is 5.91 Å². The minimum Gasteiger partial charge on any atom is -0.496 e. The lowest BCUT2D eigenvalue weighted by Gasteiger charge is -2.38. The minimum atomic E-state index is -0.132. The molecule has 0 spiro atoms. The zero-order chi connectivity index (χ0) is 26.9. The number of ether oxygens (including phenoxy) is 4. The number of amides is 1. The zero-order valence-electron chi connectivity index (χ0n) is 22.2. The molecule has 1 aromatic heterocycles. The largest absolute Gasteiger partial charge is 0.496 e. The zero-order valence-corrected chi connectivity index (χ0v) is 22.2. The van der Waals surface area contributed by atoms with Crippen LogP contribution in [-0.2, 0) is 24.2 Å². The third kappa shape index (κ3) is 6.26. The summed E-state index contributed by atoms with van der Waals surface area (Å²) in [5.41, 5.74) is 4.00. The van der Waals surface area contributed by atoms with Crippen LogP contribution in [0.4, 0.5) is 0 Å². The van der Waals surface area contributed by atoms with E-state index in [0.29, 0.717) is 37.6 Å². The first-order chi connectivity index (χ1) is 18.6. The normalized spacial score (nSPS) is 14.8. The van der Waals surface area contributed by atoms with Crippen LogP contribution in [-0.4, -0.2) is 56.8 Å². The average Bonchev–Trinajstić information content (AvgIpc) is 2.96. The molecular formula is C30H35N3O5. The average molecular weight is 518 g/mol. The SMILES string of the molecule is C=CCOc1ccc(OC)c2c1C(Cc1ccc(OC)c(OC)c1)N(CC(=O)NCc1ccccn1)CC2. The molecule has 200 valence electrons. The minimum absolute atomic E-state index is 0.0622. The first-order valence-corrected chi connectivity index (χ1v) is 12.6. The highest BCUT2D eigenvalue weighted by atomic mass is 16.5. The van der Waals surface area contributed by atoms with E-state index in [1.165, 1.54) is 0 Å². The topological polar surface area (TPSA) is 82.2 Å². The number of hydrogen-bond acceptors (Lipinski definition) is 7. The van der Waals surface area contributed by atoms with Crippen LogP contribution in [0.15, 0.2) is 67.4 Å². The Bertz CT molecular complexity index is 1250. The van der Waals surface area contributed by atoms with E-state index in [0.717, 1.165) is 40.3 Å². The summed E-state index contributed by atoms with van der Waals surface area (Å²) in [7, 11) is 4.93. The maximum atomic E-state index is 13.1. The van der Waals surface area contributed by atoms with E-state index < -0.39 is 0 Å². The number of benzene rings is 2. The first kappa shape index (κ1) is 27.0. The molecule has 1 atom stereocenters. The van der Waals surface area contributed by atoms with Crippen molar-refractivity contribution in [3.63, 3.8) is 0 Å². The van der Waals surface area contributed by atoms with E-state index >= 15 is 0 Å². The second-order valence-corrected chi connectivity index (χ2v) is 8.99. The molecule has 0 aliphatic carbocycles. The number of rotatable bonds is 12. The van der Waals surface area contributed by atoms with Gasteiger partial charge in [0.05, 0.1) is 40.1 Å². The number of carbonyl (C=O) groups excluding carboxylic acids is 1. The fraction of sp³-hybridized carbons (Fsp3) is 0.333. The number of fused-ring (bicyclic) bond motifs is 1. The summed E-state index contributed by atoms with van der Waals surface area (Å²) >= 11 is 0. The predicted molar refractivity (Wildman–Crippen MR) is 146 cm³/mol. The maximum absolute atomic E-state index is 13.1. The highest BCUT2D eigenvalue weighted by Gasteiger charge is 2.33. The summed E-state index contributed by atoms with van der Waals surface area (Å²) in [6.07, 6.45) is 4.82. The summed E-state index contributed by atoms with van der Waals surface area (Å²) in [5.74, 6) is 2.86. The summed E-state index contributed by atoms with van der Waals surface area (Å²) in [4.78, 5) is 19.6. The van der Waals surface area contributed by atoms with Crippen molar-refractivity contribution in [3.8, 4) is 23.0 Å². The molecule has 0 radical (unpaired) electrons. The van der Waals surface area contributed by atoms with Crippen LogP contribution in [0.5, 0.6) is 23.0 Å². The highest BCUT2D eigenvalue weighted by molar-refractivity contribution is 5.78. The van der Waals surface area contributed by atoms with Gasteiger partial charge in [-0.1, -0.05) is 24.8 Å². The van der Waals surface area contributed by atoms with Crippen LogP contribution < -0.4 is 24.3 Å². The fourth-order valence-corrected chi connectivity index (χ4v) is 4.89. The number of nitrogens with zero attached hydrogens (tertiary/aromatic N) is 2. The lowest BCUT2D eigenvalue weighted by atomic mass is 9.87. The summed E-state index contributed by atoms with van der Waals surface area (Å²) in [6.45, 7) is 5.50. The van der Waals surface area contributed by atoms with Crippen molar-refractivity contribution in [2.45, 2.75) is 25.4 Å². The molecule has 0 bridgehead atoms. The molecule has 1 N–H and O–H groups in total. The third-order valence-electron chi connectivity index (χ3n) is 6.69. The van der Waals surface area contributed by atoms with Gasteiger partial charge in [-0.25, -0.2) is 0 Å². The molecule has 1 amide bonds. The molecule has 4 rings (SSSR count). The summed E-state index contributed by atoms with van der Waals surface area (Å²) in [6, 6.07) is 15.3. The molecule has 1 aliphatic heterocycles. The van der Waals surface area contributed by atoms with E-state index in [2.05, 4.69) is 21.8 Å². The molecular weight excluding hydrogens is 482 g/mol. The van der Waals surface area contributed by atoms with Crippen molar-refractivity contribution in [1.29, 1.82) is 0 Å². The number of hydrogen-bond donors (Lipinski definition) is 1. The monoisotopic (exact) mass is 517 g/mol. The number of carbonyl (C=O) groups is 1. The molecule has 0 fully saturated rings. The van der Waals surface area contributed by atoms with Crippen molar-refractivity contribution >= 4 is 5.91 Å². The summed E-state index contributed by atoms with van der Waals surface area (Å²) < 4.78 is 22.8. The first-order valence-electron chi connectivity index (χ1n) is 12.6. The molecule has 1 unspecified atom stereocenters.